The van der Waals surface area contributed by atoms with Gasteiger partial charge in [0.15, 0.2) is 0 Å². The summed E-state index contributed by atoms with van der Waals surface area (Å²) >= 11 is 10.4. The third kappa shape index (κ3) is 11.1. The number of amides is 1. The molecule has 0 unspecified atom stereocenters. The molecular weight excluding hydrogens is 330 g/mol. The number of hydrogen-bond donors (Lipinski definition) is 0. The van der Waals surface area contributed by atoms with Gasteiger partial charge in [0, 0.05) is 11.9 Å². The molecule has 0 spiro atoms. The summed E-state index contributed by atoms with van der Waals surface area (Å²) in [5, 5.41) is 3.83. The van der Waals surface area contributed by atoms with E-state index >= 15 is 0 Å². The molecule has 0 aliphatic carbocycles. The fourth-order valence-electron chi connectivity index (χ4n) is 1.09. The Hall–Kier alpha value is 0.579. The van der Waals surface area contributed by atoms with Crippen molar-refractivity contribution in [1.82, 2.24) is 4.90 Å². The summed E-state index contributed by atoms with van der Waals surface area (Å²) in [7, 11) is 0. The summed E-state index contributed by atoms with van der Waals surface area (Å²) in [6, 6.07) is 0.451. The Morgan fingerprint density at radius 1 is 1.31 bits per heavy atom. The number of hydrogen-bond acceptors (Lipinski definition) is 5. The molecule has 0 bridgehead atoms. The van der Waals surface area contributed by atoms with Crippen molar-refractivity contribution in [3.05, 3.63) is 5.32 Å². The van der Waals surface area contributed by atoms with Crippen molar-refractivity contribution in [2.45, 2.75) is 19.9 Å². The van der Waals surface area contributed by atoms with Gasteiger partial charge in [0.05, 0.1) is 0 Å². The molecule has 1 amide bonds. The first-order valence-corrected chi connectivity index (χ1v) is 6.79. The maximum atomic E-state index is 10.8. The van der Waals surface area contributed by atoms with Gasteiger partial charge in [-0.3, -0.25) is 0 Å². The third-order valence-electron chi connectivity index (χ3n) is 1.91. The van der Waals surface area contributed by atoms with Crippen molar-refractivity contribution in [2.24, 2.45) is 0 Å². The second-order valence-corrected chi connectivity index (χ2v) is 3.95. The van der Waals surface area contributed by atoms with E-state index < -0.39 is 0 Å². The molecule has 93 valence electrons. The quantitative estimate of drug-likeness (QED) is 0.630. The summed E-state index contributed by atoms with van der Waals surface area (Å²) in [4.78, 5) is 13.0. The van der Waals surface area contributed by atoms with E-state index in [1.807, 2.05) is 0 Å². The Bertz CT molecular complexity index is 185. The molecule has 0 saturated carbocycles. The van der Waals surface area contributed by atoms with Gasteiger partial charge < -0.3 is 40.3 Å². The second-order valence-electron chi connectivity index (χ2n) is 3.25. The Morgan fingerprint density at radius 3 is 2.25 bits per heavy atom. The van der Waals surface area contributed by atoms with Crippen molar-refractivity contribution in [3.8, 4) is 0 Å². The van der Waals surface area contributed by atoms with Gasteiger partial charge in [-0.25, -0.2) is 0 Å². The molecule has 0 aromatic carbocycles. The first-order valence-electron chi connectivity index (χ1n) is 4.87. The van der Waals surface area contributed by atoms with Gasteiger partial charge in [0.1, 0.15) is 0 Å². The molecule has 0 atom stereocenters. The van der Waals surface area contributed by atoms with E-state index in [1.165, 1.54) is 0 Å². The maximum absolute atomic E-state index is 10.8. The first-order chi connectivity index (χ1) is 7.61. The van der Waals surface area contributed by atoms with Gasteiger partial charge >= 0.3 is 22.4 Å². The average molecular weight is 347 g/mol. The van der Waals surface area contributed by atoms with Crippen LogP contribution in [0.4, 0.5) is 0 Å². The molecule has 0 aromatic heterocycles. The molecule has 0 fully saturated rings. The van der Waals surface area contributed by atoms with Crippen LogP contribution in [0.5, 0.6) is 0 Å². The van der Waals surface area contributed by atoms with Crippen LogP contribution >= 0.6 is 0 Å². The molecule has 0 aromatic rings. The fraction of sp³-hybridized carbons (Fsp3) is 0.889. The van der Waals surface area contributed by atoms with Crippen molar-refractivity contribution in [1.29, 1.82) is 0 Å². The fourth-order valence-corrected chi connectivity index (χ4v) is 1.42. The average Bonchev–Trinajstić information content (AvgIpc) is 2.30. The van der Waals surface area contributed by atoms with Crippen LogP contribution in [-0.2, 0) is 52.4 Å². The predicted octanol–water partition coefficient (Wildman–Crippen LogP) is 0.570. The van der Waals surface area contributed by atoms with Crippen LogP contribution in [0.15, 0.2) is 0 Å². The molecule has 0 aliphatic rings. The zero-order valence-electron chi connectivity index (χ0n) is 9.52. The van der Waals surface area contributed by atoms with Crippen molar-refractivity contribution < 1.29 is 27.2 Å². The monoisotopic (exact) mass is 346 g/mol. The molecule has 0 aliphatic heterocycles. The number of carbonyl (C=O) groups is 1. The molecule has 7 heteroatoms. The molecular formula is C9H17N2O2S2Tc+. The minimum atomic E-state index is -0.193. The predicted molar refractivity (Wildman–Crippen MR) is 65.1 cm³/mol. The first kappa shape index (κ1) is 18.9. The Balaban J connectivity index is 0. The normalized spacial score (nSPS) is 10.0. The minimum absolute atomic E-state index is 0.0860. The SMILES string of the molecule is CC(C)N(CC[S-])CC[N-]C(=O)C[S-].[O]=[Tc+4]. The van der Waals surface area contributed by atoms with Crippen LogP contribution < -0.4 is 0 Å². The Kier molecular flexibility index (Phi) is 16.1. The number of rotatable bonds is 7. The summed E-state index contributed by atoms with van der Waals surface area (Å²) < 4.78 is 8.22. The standard InChI is InChI=1S/C9H20N2OS2.O.Tc/c1-8(2)11(5-6-13)4-3-10-9(12)7-14;;/h8H,3-7H2,1-2H3,(H3,10,12,13,14);;/q;;+4/p-3. The van der Waals surface area contributed by atoms with Gasteiger partial charge in [0.25, 0.3) is 0 Å². The molecule has 0 N–H and O–H groups in total. The van der Waals surface area contributed by atoms with Crippen LogP contribution in [0, 0.1) is 0 Å². The zero-order chi connectivity index (χ0) is 13.0. The van der Waals surface area contributed by atoms with E-state index in [0.717, 1.165) is 31.9 Å². The van der Waals surface area contributed by atoms with Gasteiger partial charge in [-0.2, -0.15) is 5.75 Å². The van der Waals surface area contributed by atoms with Crippen LogP contribution in [0.2, 0.25) is 0 Å². The van der Waals surface area contributed by atoms with E-state index in [0.29, 0.717) is 18.3 Å². The summed E-state index contributed by atoms with van der Waals surface area (Å²) in [5.74, 6) is 0.609. The molecule has 0 rings (SSSR count). The number of nitrogens with zero attached hydrogens (tertiary/aromatic N) is 2. The van der Waals surface area contributed by atoms with E-state index in [1.54, 1.807) is 0 Å². The Morgan fingerprint density at radius 2 is 1.88 bits per heavy atom. The number of carbonyl (C=O) groups excluding carboxylic acids is 1. The van der Waals surface area contributed by atoms with E-state index in [-0.39, 0.29) is 11.7 Å². The van der Waals surface area contributed by atoms with E-state index in [4.69, 9.17) is 16.1 Å². The van der Waals surface area contributed by atoms with E-state index in [2.05, 4.69) is 36.7 Å². The molecule has 16 heavy (non-hydrogen) atoms. The van der Waals surface area contributed by atoms with Gasteiger partial charge in [-0.05, 0) is 26.9 Å². The van der Waals surface area contributed by atoms with Crippen LogP contribution in [-0.4, -0.2) is 48.0 Å². The topological polar surface area (TPSA) is 51.5 Å². The van der Waals surface area contributed by atoms with Crippen LogP contribution in [0.3, 0.4) is 0 Å². The van der Waals surface area contributed by atoms with Gasteiger partial charge in [-0.1, -0.05) is 0 Å². The third-order valence-corrected chi connectivity index (χ3v) is 2.34. The molecule has 0 heterocycles. The van der Waals surface area contributed by atoms with Gasteiger partial charge in [-0.15, -0.1) is 12.3 Å². The molecule has 4 nitrogen and oxygen atoms in total. The van der Waals surface area contributed by atoms with Crippen LogP contribution in [0.1, 0.15) is 13.8 Å². The molecule has 0 saturated heterocycles. The summed E-state index contributed by atoms with van der Waals surface area (Å²) in [5.41, 5.74) is 0. The van der Waals surface area contributed by atoms with E-state index in [9.17, 15) is 4.79 Å². The van der Waals surface area contributed by atoms with Crippen molar-refractivity contribution in [3.63, 3.8) is 0 Å². The summed E-state index contributed by atoms with van der Waals surface area (Å²) in [6.45, 7) is 6.42. The molecule has 0 radical (unpaired) electrons. The Labute approximate surface area is 119 Å². The van der Waals surface area contributed by atoms with Crippen molar-refractivity contribution >= 4 is 31.2 Å². The van der Waals surface area contributed by atoms with Gasteiger partial charge in [0.2, 0.25) is 0 Å². The summed E-state index contributed by atoms with van der Waals surface area (Å²) in [6.07, 6.45) is 0. The van der Waals surface area contributed by atoms with Crippen molar-refractivity contribution in [2.75, 3.05) is 31.1 Å². The second kappa shape index (κ2) is 13.6. The zero-order valence-corrected chi connectivity index (χ0v) is 13.0. The van der Waals surface area contributed by atoms with Crippen LogP contribution in [0.25, 0.3) is 5.32 Å².